The van der Waals surface area contributed by atoms with E-state index in [2.05, 4.69) is 15.9 Å². The molecule has 1 aliphatic carbocycles. The summed E-state index contributed by atoms with van der Waals surface area (Å²) in [5, 5.41) is 0. The van der Waals surface area contributed by atoms with Crippen molar-refractivity contribution in [3.05, 3.63) is 51.7 Å². The maximum absolute atomic E-state index is 14.1. The standard InChI is InChI=1S/C28H32BrFN2O5/c1-35-23-8-7-19(13-25(23)37-16-18-5-6-18)26(33)31-11-3-9-28(17-31)10-4-12-32(28)27(34)20-14-21(29)22(30)15-24(20)36-2/h7-8,13-15,18H,3-6,9-12,16-17H2,1-2H3. The van der Waals surface area contributed by atoms with Gasteiger partial charge in [-0.3, -0.25) is 9.59 Å². The highest BCUT2D eigenvalue weighted by molar-refractivity contribution is 9.10. The molecule has 1 unspecified atom stereocenters. The quantitative estimate of drug-likeness (QED) is 0.448. The zero-order valence-electron chi connectivity index (χ0n) is 21.2. The number of methoxy groups -OCH3 is 2. The predicted molar refractivity (Wildman–Crippen MR) is 140 cm³/mol. The zero-order chi connectivity index (χ0) is 26.2. The van der Waals surface area contributed by atoms with Gasteiger partial charge in [-0.1, -0.05) is 0 Å². The molecule has 5 rings (SSSR count). The predicted octanol–water partition coefficient (Wildman–Crippen LogP) is 5.31. The van der Waals surface area contributed by atoms with Gasteiger partial charge in [0.2, 0.25) is 0 Å². The first-order valence-corrected chi connectivity index (χ1v) is 13.6. The summed E-state index contributed by atoms with van der Waals surface area (Å²) in [6.45, 7) is 2.28. The summed E-state index contributed by atoms with van der Waals surface area (Å²) in [5.74, 6) is 1.20. The minimum absolute atomic E-state index is 0.0839. The third kappa shape index (κ3) is 5.15. The minimum Gasteiger partial charge on any atom is -0.496 e. The highest BCUT2D eigenvalue weighted by atomic mass is 79.9. The average molecular weight is 575 g/mol. The second kappa shape index (κ2) is 10.5. The Morgan fingerprint density at radius 3 is 2.43 bits per heavy atom. The van der Waals surface area contributed by atoms with Crippen molar-refractivity contribution in [2.75, 3.05) is 40.5 Å². The van der Waals surface area contributed by atoms with Crippen molar-refractivity contribution >= 4 is 27.7 Å². The third-order valence-corrected chi connectivity index (χ3v) is 8.35. The lowest BCUT2D eigenvalue weighted by molar-refractivity contribution is 0.0272. The van der Waals surface area contributed by atoms with Crippen molar-refractivity contribution in [3.63, 3.8) is 0 Å². The Balaban J connectivity index is 1.37. The second-order valence-corrected chi connectivity index (χ2v) is 11.1. The summed E-state index contributed by atoms with van der Waals surface area (Å²) in [4.78, 5) is 31.1. The summed E-state index contributed by atoms with van der Waals surface area (Å²) < 4.78 is 31.0. The molecule has 2 amide bonds. The molecule has 3 aliphatic rings. The van der Waals surface area contributed by atoms with Crippen LogP contribution in [-0.2, 0) is 0 Å². The van der Waals surface area contributed by atoms with E-state index >= 15 is 0 Å². The lowest BCUT2D eigenvalue weighted by atomic mass is 9.85. The molecule has 2 saturated heterocycles. The number of piperidine rings is 1. The van der Waals surface area contributed by atoms with E-state index < -0.39 is 11.4 Å². The van der Waals surface area contributed by atoms with Gasteiger partial charge >= 0.3 is 0 Å². The Bertz CT molecular complexity index is 1200. The number of nitrogens with zero attached hydrogens (tertiary/aromatic N) is 2. The average Bonchev–Trinajstić information content (AvgIpc) is 3.67. The summed E-state index contributed by atoms with van der Waals surface area (Å²) in [6.07, 6.45) is 5.61. The van der Waals surface area contributed by atoms with Crippen molar-refractivity contribution in [1.29, 1.82) is 0 Å². The molecule has 0 N–H and O–H groups in total. The van der Waals surface area contributed by atoms with E-state index in [1.54, 1.807) is 25.3 Å². The minimum atomic E-state index is -0.487. The number of carbonyl (C=O) groups excluding carboxylic acids is 2. The largest absolute Gasteiger partial charge is 0.496 e. The fraction of sp³-hybridized carbons (Fsp3) is 0.500. The van der Waals surface area contributed by atoms with Gasteiger partial charge in [0.1, 0.15) is 11.6 Å². The van der Waals surface area contributed by atoms with Crippen LogP contribution in [0.25, 0.3) is 0 Å². The first-order chi connectivity index (χ1) is 17.8. The Hall–Kier alpha value is -2.81. The highest BCUT2D eigenvalue weighted by Crippen LogP contribution is 2.40. The Morgan fingerprint density at radius 2 is 1.73 bits per heavy atom. The molecular weight excluding hydrogens is 543 g/mol. The molecule has 1 spiro atoms. The summed E-state index contributed by atoms with van der Waals surface area (Å²) >= 11 is 3.19. The van der Waals surface area contributed by atoms with Crippen LogP contribution in [0.3, 0.4) is 0 Å². The molecule has 37 heavy (non-hydrogen) atoms. The molecule has 9 heteroatoms. The van der Waals surface area contributed by atoms with Crippen LogP contribution in [0.2, 0.25) is 0 Å². The molecule has 1 atom stereocenters. The molecule has 0 bridgehead atoms. The monoisotopic (exact) mass is 574 g/mol. The SMILES string of the molecule is COc1ccc(C(=O)N2CCCC3(CCCN3C(=O)c3cc(Br)c(F)cc3OC)C2)cc1OCC1CC1. The van der Waals surface area contributed by atoms with Crippen molar-refractivity contribution in [3.8, 4) is 17.2 Å². The van der Waals surface area contributed by atoms with Crippen LogP contribution in [0.4, 0.5) is 4.39 Å². The molecule has 198 valence electrons. The normalized spacial score (nSPS) is 21.3. The van der Waals surface area contributed by atoms with Gasteiger partial charge in [-0.25, -0.2) is 4.39 Å². The number of benzene rings is 2. The van der Waals surface area contributed by atoms with E-state index in [4.69, 9.17) is 14.2 Å². The Kier molecular flexibility index (Phi) is 7.34. The molecular formula is C28H32BrFN2O5. The number of halogens is 2. The van der Waals surface area contributed by atoms with Crippen LogP contribution in [-0.4, -0.2) is 67.6 Å². The summed E-state index contributed by atoms with van der Waals surface area (Å²) in [6, 6.07) is 8.02. The van der Waals surface area contributed by atoms with Crippen molar-refractivity contribution < 1.29 is 28.2 Å². The Labute approximate surface area is 225 Å². The number of hydrogen-bond acceptors (Lipinski definition) is 5. The first-order valence-electron chi connectivity index (χ1n) is 12.8. The maximum atomic E-state index is 14.1. The highest BCUT2D eigenvalue weighted by Gasteiger charge is 2.47. The fourth-order valence-corrected chi connectivity index (χ4v) is 5.92. The van der Waals surface area contributed by atoms with Crippen molar-refractivity contribution in [2.45, 2.75) is 44.1 Å². The van der Waals surface area contributed by atoms with E-state index in [1.165, 1.54) is 32.1 Å². The van der Waals surface area contributed by atoms with Gasteiger partial charge in [0.05, 0.1) is 36.4 Å². The maximum Gasteiger partial charge on any atom is 0.258 e. The van der Waals surface area contributed by atoms with Gasteiger partial charge < -0.3 is 24.0 Å². The van der Waals surface area contributed by atoms with E-state index in [0.717, 1.165) is 25.7 Å². The van der Waals surface area contributed by atoms with Crippen LogP contribution >= 0.6 is 15.9 Å². The van der Waals surface area contributed by atoms with Gasteiger partial charge in [0.15, 0.2) is 11.5 Å². The zero-order valence-corrected chi connectivity index (χ0v) is 22.8. The van der Waals surface area contributed by atoms with Crippen LogP contribution in [0.1, 0.15) is 59.2 Å². The molecule has 2 aromatic rings. The van der Waals surface area contributed by atoms with Crippen molar-refractivity contribution in [2.24, 2.45) is 5.92 Å². The summed E-state index contributed by atoms with van der Waals surface area (Å²) in [7, 11) is 3.02. The van der Waals surface area contributed by atoms with Crippen LogP contribution in [0.5, 0.6) is 17.2 Å². The van der Waals surface area contributed by atoms with E-state index in [1.807, 2.05) is 9.80 Å². The number of carbonyl (C=O) groups is 2. The molecule has 7 nitrogen and oxygen atoms in total. The molecule has 0 radical (unpaired) electrons. The van der Waals surface area contributed by atoms with Gasteiger partial charge in [-0.15, -0.1) is 0 Å². The number of ether oxygens (including phenoxy) is 3. The molecule has 3 fully saturated rings. The van der Waals surface area contributed by atoms with Gasteiger partial charge in [0.25, 0.3) is 11.8 Å². The molecule has 2 aliphatic heterocycles. The Morgan fingerprint density at radius 1 is 1.00 bits per heavy atom. The number of amides is 2. The van der Waals surface area contributed by atoms with Crippen molar-refractivity contribution in [1.82, 2.24) is 9.80 Å². The van der Waals surface area contributed by atoms with Crippen LogP contribution in [0.15, 0.2) is 34.8 Å². The molecule has 2 heterocycles. The van der Waals surface area contributed by atoms with E-state index in [-0.39, 0.29) is 22.0 Å². The smallest absolute Gasteiger partial charge is 0.258 e. The summed E-state index contributed by atoms with van der Waals surface area (Å²) in [5.41, 5.74) is 0.394. The molecule has 0 aromatic heterocycles. The van der Waals surface area contributed by atoms with Gasteiger partial charge in [-0.05, 0) is 84.6 Å². The van der Waals surface area contributed by atoms with Gasteiger partial charge in [-0.2, -0.15) is 0 Å². The van der Waals surface area contributed by atoms with E-state index in [9.17, 15) is 14.0 Å². The topological polar surface area (TPSA) is 68.3 Å². The van der Waals surface area contributed by atoms with Crippen LogP contribution in [0, 0.1) is 11.7 Å². The number of rotatable bonds is 7. The van der Waals surface area contributed by atoms with E-state index in [0.29, 0.717) is 54.8 Å². The first kappa shape index (κ1) is 25.8. The van der Waals surface area contributed by atoms with Crippen LogP contribution < -0.4 is 14.2 Å². The number of hydrogen-bond donors (Lipinski definition) is 0. The second-order valence-electron chi connectivity index (χ2n) is 10.2. The van der Waals surface area contributed by atoms with Gasteiger partial charge in [0, 0.05) is 31.3 Å². The molecule has 1 saturated carbocycles. The number of likely N-dealkylation sites (tertiary alicyclic amines) is 2. The molecule has 2 aromatic carbocycles. The third-order valence-electron chi connectivity index (χ3n) is 7.74. The fourth-order valence-electron chi connectivity index (χ4n) is 5.57. The lowest BCUT2D eigenvalue weighted by Gasteiger charge is -2.46. The lowest BCUT2D eigenvalue weighted by Crippen LogP contribution is -2.58.